The van der Waals surface area contributed by atoms with Gasteiger partial charge < -0.3 is 10.6 Å². The lowest BCUT2D eigenvalue weighted by Gasteiger charge is -2.08. The average Bonchev–Trinajstić information content (AvgIpc) is 2.64. The summed E-state index contributed by atoms with van der Waals surface area (Å²) in [5.74, 6) is 0.334. The van der Waals surface area contributed by atoms with E-state index in [9.17, 15) is 4.79 Å². The van der Waals surface area contributed by atoms with Crippen molar-refractivity contribution < 1.29 is 4.79 Å². The number of nitrogens with one attached hydrogen (secondary N) is 2. The number of nitrogens with zero attached hydrogens (tertiary/aromatic N) is 2. The van der Waals surface area contributed by atoms with Crippen molar-refractivity contribution in [1.29, 1.82) is 5.26 Å². The van der Waals surface area contributed by atoms with E-state index in [2.05, 4.69) is 31.5 Å². The first-order valence-corrected chi connectivity index (χ1v) is 8.23. The highest BCUT2D eigenvalue weighted by molar-refractivity contribution is 9.10. The zero-order chi connectivity index (χ0) is 17.6. The first kappa shape index (κ1) is 16.7. The van der Waals surface area contributed by atoms with Gasteiger partial charge in [-0.1, -0.05) is 15.9 Å². The molecule has 1 heterocycles. The van der Waals surface area contributed by atoms with Gasteiger partial charge in [0.25, 0.3) is 5.91 Å². The van der Waals surface area contributed by atoms with E-state index in [0.29, 0.717) is 22.6 Å². The normalized spacial score (nSPS) is 9.92. The lowest BCUT2D eigenvalue weighted by molar-refractivity contribution is 0.102. The van der Waals surface area contributed by atoms with E-state index in [0.717, 1.165) is 10.2 Å². The largest absolute Gasteiger partial charge is 0.340 e. The molecule has 3 rings (SSSR count). The third-order valence-electron chi connectivity index (χ3n) is 3.41. The van der Waals surface area contributed by atoms with E-state index >= 15 is 0 Å². The van der Waals surface area contributed by atoms with Crippen molar-refractivity contribution >= 4 is 39.0 Å². The maximum atomic E-state index is 12.4. The molecule has 0 bridgehead atoms. The molecule has 0 unspecified atom stereocenters. The van der Waals surface area contributed by atoms with Gasteiger partial charge in [0.2, 0.25) is 0 Å². The molecule has 0 aliphatic rings. The quantitative estimate of drug-likeness (QED) is 0.673. The van der Waals surface area contributed by atoms with Gasteiger partial charge in [0.15, 0.2) is 0 Å². The summed E-state index contributed by atoms with van der Waals surface area (Å²) >= 11 is 3.39. The van der Waals surface area contributed by atoms with E-state index in [1.165, 1.54) is 0 Å². The summed E-state index contributed by atoms with van der Waals surface area (Å²) in [6, 6.07) is 19.7. The van der Waals surface area contributed by atoms with Crippen molar-refractivity contribution in [2.75, 3.05) is 10.6 Å². The van der Waals surface area contributed by atoms with Crippen LogP contribution in [0.3, 0.4) is 0 Å². The third kappa shape index (κ3) is 4.43. The molecule has 0 spiro atoms. The summed E-state index contributed by atoms with van der Waals surface area (Å²) in [4.78, 5) is 16.6. The Balaban J connectivity index is 1.72. The highest BCUT2D eigenvalue weighted by Gasteiger charge is 2.08. The molecule has 0 radical (unpaired) electrons. The summed E-state index contributed by atoms with van der Waals surface area (Å²) in [6.45, 7) is 0. The van der Waals surface area contributed by atoms with Crippen molar-refractivity contribution in [1.82, 2.24) is 4.98 Å². The number of anilines is 3. The van der Waals surface area contributed by atoms with E-state index in [1.807, 2.05) is 30.3 Å². The predicted octanol–water partition coefficient (Wildman–Crippen LogP) is 4.71. The molecule has 0 aliphatic carbocycles. The number of hydrogen-bond donors (Lipinski definition) is 2. The first-order valence-electron chi connectivity index (χ1n) is 7.44. The number of aromatic nitrogens is 1. The zero-order valence-electron chi connectivity index (χ0n) is 13.0. The van der Waals surface area contributed by atoms with Gasteiger partial charge in [-0.25, -0.2) is 4.98 Å². The van der Waals surface area contributed by atoms with Crippen LogP contribution in [-0.4, -0.2) is 10.9 Å². The van der Waals surface area contributed by atoms with Crippen LogP contribution in [0.2, 0.25) is 0 Å². The summed E-state index contributed by atoms with van der Waals surface area (Å²) in [6.07, 6.45) is 1.58. The number of hydrogen-bond acceptors (Lipinski definition) is 4. The Morgan fingerprint density at radius 2 is 1.68 bits per heavy atom. The molecule has 0 saturated heterocycles. The van der Waals surface area contributed by atoms with Gasteiger partial charge in [-0.15, -0.1) is 0 Å². The Labute approximate surface area is 153 Å². The lowest BCUT2D eigenvalue weighted by Crippen LogP contribution is -2.12. The van der Waals surface area contributed by atoms with Crippen molar-refractivity contribution in [2.24, 2.45) is 0 Å². The minimum atomic E-state index is -0.244. The van der Waals surface area contributed by atoms with Crippen molar-refractivity contribution in [3.8, 4) is 6.07 Å². The van der Waals surface area contributed by atoms with Crippen LogP contribution in [0.5, 0.6) is 0 Å². The van der Waals surface area contributed by atoms with E-state index in [4.69, 9.17) is 5.26 Å². The first-order chi connectivity index (χ1) is 12.1. The molecule has 5 nitrogen and oxygen atoms in total. The van der Waals surface area contributed by atoms with Crippen LogP contribution in [0.1, 0.15) is 15.9 Å². The second kappa shape index (κ2) is 7.60. The van der Waals surface area contributed by atoms with Crippen molar-refractivity contribution in [3.05, 3.63) is 82.5 Å². The number of carbonyl (C=O) groups is 1. The molecule has 1 aromatic heterocycles. The zero-order valence-corrected chi connectivity index (χ0v) is 14.6. The van der Waals surface area contributed by atoms with Crippen LogP contribution in [0, 0.1) is 11.3 Å². The van der Waals surface area contributed by atoms with Gasteiger partial charge in [0, 0.05) is 27.6 Å². The SMILES string of the molecule is N#Cc1ccc(NC(=O)c2ccnc(Nc3ccc(Br)cc3)c2)cc1. The summed E-state index contributed by atoms with van der Waals surface area (Å²) in [5, 5.41) is 14.8. The van der Waals surface area contributed by atoms with Gasteiger partial charge in [-0.3, -0.25) is 4.79 Å². The fourth-order valence-corrected chi connectivity index (χ4v) is 2.42. The van der Waals surface area contributed by atoms with Crippen LogP contribution in [0.4, 0.5) is 17.2 Å². The number of rotatable bonds is 4. The molecule has 25 heavy (non-hydrogen) atoms. The predicted molar refractivity (Wildman–Crippen MR) is 101 cm³/mol. The number of nitriles is 1. The fraction of sp³-hybridized carbons (Fsp3) is 0. The highest BCUT2D eigenvalue weighted by atomic mass is 79.9. The van der Waals surface area contributed by atoms with E-state index < -0.39 is 0 Å². The fourth-order valence-electron chi connectivity index (χ4n) is 2.15. The lowest BCUT2D eigenvalue weighted by atomic mass is 10.2. The van der Waals surface area contributed by atoms with Gasteiger partial charge >= 0.3 is 0 Å². The summed E-state index contributed by atoms with van der Waals surface area (Å²) in [5.41, 5.74) is 2.53. The summed E-state index contributed by atoms with van der Waals surface area (Å²) in [7, 11) is 0. The van der Waals surface area contributed by atoms with Crippen LogP contribution in [-0.2, 0) is 0 Å². The van der Waals surface area contributed by atoms with Crippen molar-refractivity contribution in [3.63, 3.8) is 0 Å². The Hall–Kier alpha value is -3.17. The average molecular weight is 393 g/mol. The number of pyridine rings is 1. The Morgan fingerprint density at radius 1 is 1.00 bits per heavy atom. The van der Waals surface area contributed by atoms with Crippen molar-refractivity contribution in [2.45, 2.75) is 0 Å². The van der Waals surface area contributed by atoms with Gasteiger partial charge in [-0.2, -0.15) is 5.26 Å². The molecule has 0 aliphatic heterocycles. The van der Waals surface area contributed by atoms with Crippen LogP contribution >= 0.6 is 15.9 Å². The number of carbonyl (C=O) groups excluding carboxylic acids is 1. The van der Waals surface area contributed by atoms with Gasteiger partial charge in [0.1, 0.15) is 5.82 Å². The smallest absolute Gasteiger partial charge is 0.255 e. The minimum Gasteiger partial charge on any atom is -0.340 e. The summed E-state index contributed by atoms with van der Waals surface area (Å²) < 4.78 is 0.988. The maximum Gasteiger partial charge on any atom is 0.255 e. The molecule has 0 atom stereocenters. The minimum absolute atomic E-state index is 0.244. The Morgan fingerprint density at radius 3 is 2.36 bits per heavy atom. The molecule has 122 valence electrons. The number of halogens is 1. The molecule has 0 saturated carbocycles. The molecular formula is C19H13BrN4O. The second-order valence-electron chi connectivity index (χ2n) is 5.20. The monoisotopic (exact) mass is 392 g/mol. The Bertz CT molecular complexity index is 931. The maximum absolute atomic E-state index is 12.4. The van der Waals surface area contributed by atoms with Crippen LogP contribution < -0.4 is 10.6 Å². The molecule has 0 fully saturated rings. The topological polar surface area (TPSA) is 77.8 Å². The number of benzene rings is 2. The molecule has 2 N–H and O–H groups in total. The van der Waals surface area contributed by atoms with E-state index in [-0.39, 0.29) is 5.91 Å². The Kier molecular flexibility index (Phi) is 5.07. The van der Waals surface area contributed by atoms with Gasteiger partial charge in [-0.05, 0) is 60.7 Å². The van der Waals surface area contributed by atoms with Crippen LogP contribution in [0.25, 0.3) is 0 Å². The van der Waals surface area contributed by atoms with Gasteiger partial charge in [0.05, 0.1) is 11.6 Å². The molecule has 2 aromatic carbocycles. The molecule has 1 amide bonds. The second-order valence-corrected chi connectivity index (χ2v) is 6.12. The molecule has 6 heteroatoms. The molecular weight excluding hydrogens is 380 g/mol. The highest BCUT2D eigenvalue weighted by Crippen LogP contribution is 2.19. The van der Waals surface area contributed by atoms with E-state index in [1.54, 1.807) is 42.6 Å². The third-order valence-corrected chi connectivity index (χ3v) is 3.94. The standard InChI is InChI=1S/C19H13BrN4O/c20-15-3-7-16(8-4-15)23-18-11-14(9-10-22-18)19(25)24-17-5-1-13(12-21)2-6-17/h1-11H,(H,22,23)(H,24,25). The van der Waals surface area contributed by atoms with Crippen LogP contribution in [0.15, 0.2) is 71.3 Å². The molecule has 3 aromatic rings. The number of amides is 1.